The van der Waals surface area contributed by atoms with Gasteiger partial charge in [-0.2, -0.15) is 0 Å². The molecular formula is C19H40N2O2. The average molecular weight is 329 g/mol. The van der Waals surface area contributed by atoms with Crippen LogP contribution in [-0.4, -0.2) is 61.5 Å². The SMILES string of the molecule is CC(C)(C)OC1CCNCC1.CN1CCC(OC(C)(C)C)CC1. The Morgan fingerprint density at radius 3 is 1.52 bits per heavy atom. The summed E-state index contributed by atoms with van der Waals surface area (Å²) in [5.41, 5.74) is 0.0581. The molecule has 0 spiro atoms. The molecule has 2 heterocycles. The van der Waals surface area contributed by atoms with E-state index in [4.69, 9.17) is 9.47 Å². The van der Waals surface area contributed by atoms with E-state index in [1.54, 1.807) is 0 Å². The zero-order valence-corrected chi connectivity index (χ0v) is 16.6. The number of piperidine rings is 2. The highest BCUT2D eigenvalue weighted by molar-refractivity contribution is 4.73. The first-order valence-electron chi connectivity index (χ1n) is 9.30. The first-order valence-corrected chi connectivity index (χ1v) is 9.30. The molecule has 0 saturated carbocycles. The van der Waals surface area contributed by atoms with Gasteiger partial charge in [0.05, 0.1) is 23.4 Å². The fourth-order valence-electron chi connectivity index (χ4n) is 3.02. The summed E-state index contributed by atoms with van der Waals surface area (Å²) in [6.07, 6.45) is 5.67. The highest BCUT2D eigenvalue weighted by Gasteiger charge is 2.22. The maximum Gasteiger partial charge on any atom is 0.0606 e. The maximum absolute atomic E-state index is 5.90. The van der Waals surface area contributed by atoms with Gasteiger partial charge in [-0.15, -0.1) is 0 Å². The van der Waals surface area contributed by atoms with Crippen molar-refractivity contribution in [2.75, 3.05) is 33.2 Å². The van der Waals surface area contributed by atoms with Gasteiger partial charge in [-0.3, -0.25) is 0 Å². The van der Waals surface area contributed by atoms with Crippen LogP contribution in [-0.2, 0) is 9.47 Å². The summed E-state index contributed by atoms with van der Waals surface area (Å²) < 4.78 is 11.7. The predicted molar refractivity (Wildman–Crippen MR) is 98.1 cm³/mol. The quantitative estimate of drug-likeness (QED) is 0.842. The molecule has 0 aromatic carbocycles. The highest BCUT2D eigenvalue weighted by atomic mass is 16.5. The van der Waals surface area contributed by atoms with Crippen molar-refractivity contribution in [3.8, 4) is 0 Å². The fraction of sp³-hybridized carbons (Fsp3) is 1.00. The summed E-state index contributed by atoms with van der Waals surface area (Å²) in [4.78, 5) is 2.36. The van der Waals surface area contributed by atoms with Crippen molar-refractivity contribution >= 4 is 0 Å². The second kappa shape index (κ2) is 9.36. The van der Waals surface area contributed by atoms with Gasteiger partial charge in [-0.05, 0) is 87.4 Å². The Balaban J connectivity index is 0.000000231. The Morgan fingerprint density at radius 2 is 1.13 bits per heavy atom. The van der Waals surface area contributed by atoms with Crippen LogP contribution in [0.2, 0.25) is 0 Å². The van der Waals surface area contributed by atoms with E-state index >= 15 is 0 Å². The largest absolute Gasteiger partial charge is 0.373 e. The minimum atomic E-state index is 0.0284. The van der Waals surface area contributed by atoms with E-state index < -0.39 is 0 Å². The van der Waals surface area contributed by atoms with Gasteiger partial charge in [0.2, 0.25) is 0 Å². The molecule has 0 radical (unpaired) electrons. The summed E-state index contributed by atoms with van der Waals surface area (Å²) in [5.74, 6) is 0. The number of ether oxygens (including phenoxy) is 2. The lowest BCUT2D eigenvalue weighted by molar-refractivity contribution is -0.0800. The van der Waals surface area contributed by atoms with E-state index in [1.165, 1.54) is 25.9 Å². The van der Waals surface area contributed by atoms with Crippen LogP contribution in [0.25, 0.3) is 0 Å². The summed E-state index contributed by atoms with van der Waals surface area (Å²) >= 11 is 0. The zero-order valence-electron chi connectivity index (χ0n) is 16.6. The van der Waals surface area contributed by atoms with Gasteiger partial charge in [0.1, 0.15) is 0 Å². The molecule has 138 valence electrons. The molecular weight excluding hydrogens is 288 g/mol. The zero-order chi connectivity index (χ0) is 17.5. The number of hydrogen-bond acceptors (Lipinski definition) is 4. The standard InChI is InChI=1S/C10H21NO.C9H19NO/c1-10(2,3)12-9-5-7-11(4)8-6-9;1-9(2,3)11-8-4-6-10-7-5-8/h9H,5-8H2,1-4H3;8,10H,4-7H2,1-3H3. The molecule has 2 aliphatic heterocycles. The molecule has 0 atom stereocenters. The van der Waals surface area contributed by atoms with E-state index in [0.717, 1.165) is 25.9 Å². The van der Waals surface area contributed by atoms with Crippen LogP contribution in [0.5, 0.6) is 0 Å². The molecule has 4 nitrogen and oxygen atoms in total. The molecule has 0 aromatic heterocycles. The van der Waals surface area contributed by atoms with Crippen LogP contribution < -0.4 is 5.32 Å². The van der Waals surface area contributed by atoms with Gasteiger partial charge in [0, 0.05) is 13.1 Å². The van der Waals surface area contributed by atoms with Crippen molar-refractivity contribution in [2.24, 2.45) is 0 Å². The van der Waals surface area contributed by atoms with E-state index in [0.29, 0.717) is 12.2 Å². The predicted octanol–water partition coefficient (Wildman–Crippen LogP) is 3.45. The Bertz CT molecular complexity index is 306. The molecule has 2 rings (SSSR count). The molecule has 0 bridgehead atoms. The van der Waals surface area contributed by atoms with E-state index in [-0.39, 0.29) is 11.2 Å². The van der Waals surface area contributed by atoms with Crippen molar-refractivity contribution < 1.29 is 9.47 Å². The molecule has 0 amide bonds. The van der Waals surface area contributed by atoms with Crippen LogP contribution >= 0.6 is 0 Å². The van der Waals surface area contributed by atoms with E-state index in [1.807, 2.05) is 0 Å². The third-order valence-corrected chi connectivity index (χ3v) is 3.99. The average Bonchev–Trinajstić information content (AvgIpc) is 2.40. The summed E-state index contributed by atoms with van der Waals surface area (Å²) in [7, 11) is 2.17. The number of hydrogen-bond donors (Lipinski definition) is 1. The molecule has 4 heteroatoms. The first-order chi connectivity index (χ1) is 10.6. The van der Waals surface area contributed by atoms with Crippen molar-refractivity contribution in [3.05, 3.63) is 0 Å². The van der Waals surface area contributed by atoms with Gasteiger partial charge in [0.15, 0.2) is 0 Å². The van der Waals surface area contributed by atoms with Crippen LogP contribution in [0.15, 0.2) is 0 Å². The first kappa shape index (κ1) is 20.9. The Labute approximate surface area is 144 Å². The Hall–Kier alpha value is -0.160. The van der Waals surface area contributed by atoms with Gasteiger partial charge >= 0.3 is 0 Å². The number of rotatable bonds is 2. The van der Waals surface area contributed by atoms with Crippen molar-refractivity contribution in [1.29, 1.82) is 0 Å². The van der Waals surface area contributed by atoms with Crippen LogP contribution in [0.3, 0.4) is 0 Å². The molecule has 23 heavy (non-hydrogen) atoms. The summed E-state index contributed by atoms with van der Waals surface area (Å²) in [5, 5.41) is 3.32. The van der Waals surface area contributed by atoms with Crippen LogP contribution in [0.4, 0.5) is 0 Å². The molecule has 0 aliphatic carbocycles. The lowest BCUT2D eigenvalue weighted by atomic mass is 10.1. The second-order valence-corrected chi connectivity index (χ2v) is 8.91. The molecule has 2 saturated heterocycles. The summed E-state index contributed by atoms with van der Waals surface area (Å²) in [6.45, 7) is 17.3. The van der Waals surface area contributed by atoms with Crippen LogP contribution in [0, 0.1) is 0 Å². The van der Waals surface area contributed by atoms with Crippen molar-refractivity contribution in [3.63, 3.8) is 0 Å². The highest BCUT2D eigenvalue weighted by Crippen LogP contribution is 2.19. The van der Waals surface area contributed by atoms with E-state index in [9.17, 15) is 0 Å². The third kappa shape index (κ3) is 11.1. The number of nitrogens with zero attached hydrogens (tertiary/aromatic N) is 1. The number of likely N-dealkylation sites (tertiary alicyclic amines) is 1. The third-order valence-electron chi connectivity index (χ3n) is 3.99. The minimum absolute atomic E-state index is 0.0284. The fourth-order valence-corrected chi connectivity index (χ4v) is 3.02. The molecule has 2 aliphatic rings. The maximum atomic E-state index is 5.90. The monoisotopic (exact) mass is 328 g/mol. The minimum Gasteiger partial charge on any atom is -0.373 e. The smallest absolute Gasteiger partial charge is 0.0606 e. The summed E-state index contributed by atoms with van der Waals surface area (Å²) in [6, 6.07) is 0. The molecule has 0 aromatic rings. The van der Waals surface area contributed by atoms with Gasteiger partial charge < -0.3 is 19.7 Å². The van der Waals surface area contributed by atoms with Gasteiger partial charge in [-0.1, -0.05) is 0 Å². The van der Waals surface area contributed by atoms with Crippen LogP contribution in [0.1, 0.15) is 67.2 Å². The van der Waals surface area contributed by atoms with Crippen molar-refractivity contribution in [1.82, 2.24) is 10.2 Å². The van der Waals surface area contributed by atoms with Crippen molar-refractivity contribution in [2.45, 2.75) is 90.6 Å². The second-order valence-electron chi connectivity index (χ2n) is 8.91. The van der Waals surface area contributed by atoms with Gasteiger partial charge in [-0.25, -0.2) is 0 Å². The number of nitrogens with one attached hydrogen (secondary N) is 1. The molecule has 2 fully saturated rings. The Morgan fingerprint density at radius 1 is 0.739 bits per heavy atom. The molecule has 1 N–H and O–H groups in total. The lowest BCUT2D eigenvalue weighted by Gasteiger charge is -2.33. The van der Waals surface area contributed by atoms with E-state index in [2.05, 4.69) is 58.8 Å². The topological polar surface area (TPSA) is 33.7 Å². The van der Waals surface area contributed by atoms with Gasteiger partial charge in [0.25, 0.3) is 0 Å². The molecule has 0 unspecified atom stereocenters. The lowest BCUT2D eigenvalue weighted by Crippen LogP contribution is -2.37. The normalized spacial score (nSPS) is 22.6. The Kier molecular flexibility index (Phi) is 8.50.